The lowest BCUT2D eigenvalue weighted by atomic mass is 10.0. The number of carbonyl (C=O) groups is 2. The van der Waals surface area contributed by atoms with Gasteiger partial charge in [0, 0.05) is 30.6 Å². The lowest BCUT2D eigenvalue weighted by molar-refractivity contribution is -0.130. The fourth-order valence-corrected chi connectivity index (χ4v) is 3.88. The van der Waals surface area contributed by atoms with Crippen molar-refractivity contribution in [3.05, 3.63) is 83.9 Å². The molecule has 2 atom stereocenters. The van der Waals surface area contributed by atoms with Gasteiger partial charge >= 0.3 is 0 Å². The highest BCUT2D eigenvalue weighted by molar-refractivity contribution is 5.90. The molecule has 1 aromatic heterocycles. The Kier molecular flexibility index (Phi) is 9.85. The Morgan fingerprint density at radius 1 is 0.919 bits per heavy atom. The van der Waals surface area contributed by atoms with Crippen molar-refractivity contribution >= 4 is 11.8 Å². The summed E-state index contributed by atoms with van der Waals surface area (Å²) in [6.45, 7) is 10.2. The van der Waals surface area contributed by atoms with Gasteiger partial charge in [-0.15, -0.1) is 0 Å². The van der Waals surface area contributed by atoms with Crippen LogP contribution in [0.4, 0.5) is 0 Å². The third-order valence-corrected chi connectivity index (χ3v) is 5.56. The van der Waals surface area contributed by atoms with E-state index < -0.39 is 17.6 Å². The largest absolute Gasteiger partial charge is 0.489 e. The maximum absolute atomic E-state index is 13.3. The van der Waals surface area contributed by atoms with Gasteiger partial charge in [-0.05, 0) is 44.0 Å². The number of nitrogens with one attached hydrogen (secondary N) is 4. The number of carbonyl (C=O) groups excluding carboxylic acids is 2. The Bertz CT molecular complexity index is 1110. The van der Waals surface area contributed by atoms with E-state index in [-0.39, 0.29) is 17.9 Å². The zero-order chi connectivity index (χ0) is 26.8. The second kappa shape index (κ2) is 13.1. The molecule has 37 heavy (non-hydrogen) atoms. The van der Waals surface area contributed by atoms with Gasteiger partial charge in [-0.25, -0.2) is 4.98 Å². The Morgan fingerprint density at radius 2 is 1.62 bits per heavy atom. The van der Waals surface area contributed by atoms with Crippen molar-refractivity contribution in [2.75, 3.05) is 0 Å². The van der Waals surface area contributed by atoms with Crippen LogP contribution >= 0.6 is 0 Å². The maximum atomic E-state index is 13.3. The first-order chi connectivity index (χ1) is 17.6. The van der Waals surface area contributed by atoms with Crippen molar-refractivity contribution in [2.24, 2.45) is 0 Å². The zero-order valence-corrected chi connectivity index (χ0v) is 22.4. The van der Waals surface area contributed by atoms with E-state index in [4.69, 9.17) is 4.74 Å². The van der Waals surface area contributed by atoms with Crippen molar-refractivity contribution in [2.45, 2.75) is 77.7 Å². The van der Waals surface area contributed by atoms with E-state index in [9.17, 15) is 9.59 Å². The van der Waals surface area contributed by atoms with Gasteiger partial charge in [-0.2, -0.15) is 0 Å². The number of aromatic amines is 1. The molecule has 4 N–H and O–H groups in total. The van der Waals surface area contributed by atoms with Crippen molar-refractivity contribution < 1.29 is 14.3 Å². The summed E-state index contributed by atoms with van der Waals surface area (Å²) in [5, 5.41) is 9.28. The molecule has 0 fully saturated rings. The predicted octanol–water partition coefficient (Wildman–Crippen LogP) is 3.54. The lowest BCUT2D eigenvalue weighted by Gasteiger charge is -2.27. The number of hydrogen-bond donors (Lipinski definition) is 4. The molecule has 3 rings (SSSR count). The van der Waals surface area contributed by atoms with E-state index >= 15 is 0 Å². The number of hydrogen-bond acceptors (Lipinski definition) is 5. The first-order valence-electron chi connectivity index (χ1n) is 12.7. The summed E-state index contributed by atoms with van der Waals surface area (Å²) in [6, 6.07) is 16.4. The van der Waals surface area contributed by atoms with Gasteiger partial charge in [-0.1, -0.05) is 56.3 Å². The molecule has 0 aliphatic heterocycles. The van der Waals surface area contributed by atoms with Gasteiger partial charge in [0.15, 0.2) is 0 Å². The average molecular weight is 506 g/mol. The Balaban J connectivity index is 1.70. The molecule has 0 aliphatic carbocycles. The van der Waals surface area contributed by atoms with E-state index in [0.29, 0.717) is 19.4 Å². The van der Waals surface area contributed by atoms with Gasteiger partial charge in [0.25, 0.3) is 0 Å². The minimum Gasteiger partial charge on any atom is -0.489 e. The summed E-state index contributed by atoms with van der Waals surface area (Å²) in [7, 11) is 0. The number of aromatic nitrogens is 2. The SMILES string of the molecule is CC(C)N[C@H](Cc1c[nH]cn1)C(=O)N[C@H](Cc1ccc(OCc2ccccc2)cc1)C(=O)NC(C)(C)C. The molecule has 2 amide bonds. The molecule has 0 aliphatic rings. The second-order valence-electron chi connectivity index (χ2n) is 10.6. The third-order valence-electron chi connectivity index (χ3n) is 5.56. The van der Waals surface area contributed by atoms with E-state index in [2.05, 4.69) is 25.9 Å². The molecule has 2 aromatic carbocycles. The first kappa shape index (κ1) is 27.9. The van der Waals surface area contributed by atoms with Crippen LogP contribution in [0, 0.1) is 0 Å². The molecule has 0 spiro atoms. The zero-order valence-electron chi connectivity index (χ0n) is 22.4. The number of amides is 2. The number of ether oxygens (including phenoxy) is 1. The molecular weight excluding hydrogens is 466 g/mol. The molecular formula is C29H39N5O3. The molecule has 8 heteroatoms. The number of rotatable bonds is 12. The van der Waals surface area contributed by atoms with Gasteiger partial charge in [0.2, 0.25) is 11.8 Å². The first-order valence-corrected chi connectivity index (χ1v) is 12.7. The molecule has 1 heterocycles. The predicted molar refractivity (Wildman–Crippen MR) is 145 cm³/mol. The van der Waals surface area contributed by atoms with Crippen LogP contribution in [-0.2, 0) is 29.0 Å². The second-order valence-corrected chi connectivity index (χ2v) is 10.6. The van der Waals surface area contributed by atoms with Gasteiger partial charge in [0.05, 0.1) is 18.1 Å². The number of benzene rings is 2. The van der Waals surface area contributed by atoms with Crippen LogP contribution in [0.1, 0.15) is 51.4 Å². The van der Waals surface area contributed by atoms with E-state index in [0.717, 1.165) is 22.6 Å². The van der Waals surface area contributed by atoms with E-state index in [1.54, 1.807) is 12.5 Å². The summed E-state index contributed by atoms with van der Waals surface area (Å²) >= 11 is 0. The van der Waals surface area contributed by atoms with Crippen molar-refractivity contribution in [3.63, 3.8) is 0 Å². The fraction of sp³-hybridized carbons (Fsp3) is 0.414. The molecule has 0 saturated heterocycles. The summed E-state index contributed by atoms with van der Waals surface area (Å²) in [5.74, 6) is 0.273. The molecule has 198 valence electrons. The minimum atomic E-state index is -0.738. The van der Waals surface area contributed by atoms with Crippen LogP contribution in [0.25, 0.3) is 0 Å². The normalized spacial score (nSPS) is 13.1. The molecule has 0 radical (unpaired) electrons. The monoisotopic (exact) mass is 505 g/mol. The Hall–Kier alpha value is -3.65. The molecule has 0 unspecified atom stereocenters. The summed E-state index contributed by atoms with van der Waals surface area (Å²) in [4.78, 5) is 33.7. The topological polar surface area (TPSA) is 108 Å². The standard InChI is InChI=1S/C29H39N5O3/c1-20(2)32-26(16-23-17-30-19-31-23)27(35)33-25(28(36)34-29(3,4)5)15-21-11-13-24(14-12-21)37-18-22-9-7-6-8-10-22/h6-14,17,19-20,25-26,32H,15-16,18H2,1-5H3,(H,30,31)(H,33,35)(H,34,36)/t25-,26-/m1/s1. The highest BCUT2D eigenvalue weighted by Gasteiger charge is 2.28. The van der Waals surface area contributed by atoms with Gasteiger partial charge in [-0.3, -0.25) is 9.59 Å². The van der Waals surface area contributed by atoms with Crippen LogP contribution in [0.3, 0.4) is 0 Å². The van der Waals surface area contributed by atoms with Crippen molar-refractivity contribution in [1.82, 2.24) is 25.9 Å². The lowest BCUT2D eigenvalue weighted by Crippen LogP contribution is -2.57. The van der Waals surface area contributed by atoms with Crippen molar-refractivity contribution in [3.8, 4) is 5.75 Å². The van der Waals surface area contributed by atoms with Gasteiger partial charge in [0.1, 0.15) is 18.4 Å². The molecule has 0 saturated carbocycles. The van der Waals surface area contributed by atoms with Gasteiger partial charge < -0.3 is 25.7 Å². The summed E-state index contributed by atoms with van der Waals surface area (Å²) < 4.78 is 5.88. The minimum absolute atomic E-state index is 0.0833. The smallest absolute Gasteiger partial charge is 0.243 e. The average Bonchev–Trinajstić information content (AvgIpc) is 3.35. The number of imidazole rings is 1. The molecule has 3 aromatic rings. The maximum Gasteiger partial charge on any atom is 0.243 e. The molecule has 0 bridgehead atoms. The van der Waals surface area contributed by atoms with Crippen LogP contribution in [-0.4, -0.2) is 45.4 Å². The Morgan fingerprint density at radius 3 is 2.22 bits per heavy atom. The summed E-state index contributed by atoms with van der Waals surface area (Å²) in [6.07, 6.45) is 4.12. The van der Waals surface area contributed by atoms with Crippen LogP contribution < -0.4 is 20.7 Å². The molecule has 8 nitrogen and oxygen atoms in total. The quantitative estimate of drug-likeness (QED) is 0.301. The Labute approximate surface area is 219 Å². The van der Waals surface area contributed by atoms with E-state index in [1.807, 2.05) is 89.2 Å². The van der Waals surface area contributed by atoms with E-state index in [1.165, 1.54) is 0 Å². The van der Waals surface area contributed by atoms with Crippen LogP contribution in [0.2, 0.25) is 0 Å². The summed E-state index contributed by atoms with van der Waals surface area (Å²) in [5.41, 5.74) is 2.35. The highest BCUT2D eigenvalue weighted by Crippen LogP contribution is 2.16. The number of H-pyrrole nitrogens is 1. The number of nitrogens with zero attached hydrogens (tertiary/aromatic N) is 1. The third kappa shape index (κ3) is 9.73. The fourth-order valence-electron chi connectivity index (χ4n) is 3.88. The van der Waals surface area contributed by atoms with Crippen molar-refractivity contribution in [1.29, 1.82) is 0 Å². The van der Waals surface area contributed by atoms with Crippen LogP contribution in [0.5, 0.6) is 5.75 Å². The van der Waals surface area contributed by atoms with Crippen LogP contribution in [0.15, 0.2) is 67.1 Å². The highest BCUT2D eigenvalue weighted by atomic mass is 16.5.